The van der Waals surface area contributed by atoms with E-state index < -0.39 is 0 Å². The van der Waals surface area contributed by atoms with Gasteiger partial charge in [-0.05, 0) is 44.2 Å². The summed E-state index contributed by atoms with van der Waals surface area (Å²) in [5.74, 6) is 0.332. The first-order valence-corrected chi connectivity index (χ1v) is 8.61. The number of amides is 2. The number of ether oxygens (including phenoxy) is 1. The number of carbonyl (C=O) groups excluding carboxylic acids is 2. The Morgan fingerprint density at radius 1 is 1.29 bits per heavy atom. The van der Waals surface area contributed by atoms with Gasteiger partial charge >= 0.3 is 0 Å². The van der Waals surface area contributed by atoms with Crippen LogP contribution in [0.2, 0.25) is 0 Å². The molecule has 5 nitrogen and oxygen atoms in total. The van der Waals surface area contributed by atoms with Gasteiger partial charge in [-0.3, -0.25) is 9.59 Å². The Balaban J connectivity index is 1.82. The van der Waals surface area contributed by atoms with Crippen molar-refractivity contribution in [3.8, 4) is 5.75 Å². The fraction of sp³-hybridized carbons (Fsp3) is 0.222. The number of carbonyl (C=O) groups is 2. The van der Waals surface area contributed by atoms with Crippen LogP contribution in [0.5, 0.6) is 5.75 Å². The second-order valence-electron chi connectivity index (χ2n) is 5.34. The highest BCUT2D eigenvalue weighted by molar-refractivity contribution is 8.00. The summed E-state index contributed by atoms with van der Waals surface area (Å²) in [7, 11) is 0. The van der Waals surface area contributed by atoms with Gasteiger partial charge in [0.2, 0.25) is 5.91 Å². The Morgan fingerprint density at radius 3 is 2.88 bits per heavy atom. The summed E-state index contributed by atoms with van der Waals surface area (Å²) >= 11 is 1.49. The van der Waals surface area contributed by atoms with Gasteiger partial charge in [0.05, 0.1) is 23.2 Å². The summed E-state index contributed by atoms with van der Waals surface area (Å²) in [4.78, 5) is 25.3. The van der Waals surface area contributed by atoms with E-state index in [-0.39, 0.29) is 17.1 Å². The van der Waals surface area contributed by atoms with E-state index in [1.807, 2.05) is 38.1 Å². The predicted octanol–water partition coefficient (Wildman–Crippen LogP) is 3.77. The monoisotopic (exact) mass is 342 g/mol. The molecule has 2 aromatic rings. The molecule has 1 heterocycles. The molecule has 1 aliphatic rings. The zero-order valence-electron chi connectivity index (χ0n) is 13.5. The van der Waals surface area contributed by atoms with Gasteiger partial charge in [-0.1, -0.05) is 12.1 Å². The molecule has 0 bridgehead atoms. The minimum Gasteiger partial charge on any atom is -0.492 e. The van der Waals surface area contributed by atoms with Crippen LogP contribution in [0, 0.1) is 0 Å². The average molecular weight is 342 g/mol. The molecule has 1 aliphatic heterocycles. The third-order valence-corrected chi connectivity index (χ3v) is 4.79. The van der Waals surface area contributed by atoms with E-state index in [1.165, 1.54) is 11.8 Å². The van der Waals surface area contributed by atoms with Gasteiger partial charge in [0, 0.05) is 10.5 Å². The number of hydrogen-bond donors (Lipinski definition) is 2. The molecule has 2 amide bonds. The smallest absolute Gasteiger partial charge is 0.255 e. The van der Waals surface area contributed by atoms with Crippen LogP contribution in [0.25, 0.3) is 0 Å². The summed E-state index contributed by atoms with van der Waals surface area (Å²) in [5, 5.41) is 5.56. The topological polar surface area (TPSA) is 67.4 Å². The van der Waals surface area contributed by atoms with E-state index in [2.05, 4.69) is 10.6 Å². The van der Waals surface area contributed by atoms with Crippen molar-refractivity contribution < 1.29 is 14.3 Å². The van der Waals surface area contributed by atoms with E-state index in [0.29, 0.717) is 29.3 Å². The van der Waals surface area contributed by atoms with Crippen LogP contribution in [-0.4, -0.2) is 23.7 Å². The lowest BCUT2D eigenvalue weighted by Gasteiger charge is -2.21. The largest absolute Gasteiger partial charge is 0.492 e. The maximum absolute atomic E-state index is 12.5. The number of para-hydroxylation sites is 2. The normalized spacial score (nSPS) is 16.1. The lowest BCUT2D eigenvalue weighted by Crippen LogP contribution is -2.26. The molecular weight excluding hydrogens is 324 g/mol. The van der Waals surface area contributed by atoms with E-state index in [4.69, 9.17) is 4.74 Å². The van der Waals surface area contributed by atoms with Crippen LogP contribution in [0.15, 0.2) is 47.4 Å². The number of fused-ring (bicyclic) bond motifs is 1. The van der Waals surface area contributed by atoms with Crippen molar-refractivity contribution in [1.82, 2.24) is 0 Å². The highest BCUT2D eigenvalue weighted by Gasteiger charge is 2.23. The molecule has 0 spiro atoms. The van der Waals surface area contributed by atoms with Gasteiger partial charge in [-0.2, -0.15) is 0 Å². The molecular formula is C18H18N2O3S. The highest BCUT2D eigenvalue weighted by atomic mass is 32.2. The predicted molar refractivity (Wildman–Crippen MR) is 96.0 cm³/mol. The van der Waals surface area contributed by atoms with Crippen molar-refractivity contribution >= 4 is 35.0 Å². The van der Waals surface area contributed by atoms with Crippen molar-refractivity contribution in [3.63, 3.8) is 0 Å². The summed E-state index contributed by atoms with van der Waals surface area (Å²) in [6.07, 6.45) is 0. The van der Waals surface area contributed by atoms with Gasteiger partial charge in [-0.25, -0.2) is 0 Å². The minimum atomic E-state index is -0.247. The van der Waals surface area contributed by atoms with Gasteiger partial charge in [0.25, 0.3) is 5.91 Å². The maximum atomic E-state index is 12.5. The van der Waals surface area contributed by atoms with Crippen LogP contribution in [-0.2, 0) is 4.79 Å². The van der Waals surface area contributed by atoms with Crippen LogP contribution in [0.4, 0.5) is 11.4 Å². The number of benzene rings is 2. The third-order valence-electron chi connectivity index (χ3n) is 3.61. The molecule has 0 fully saturated rings. The fourth-order valence-electron chi connectivity index (χ4n) is 2.40. The van der Waals surface area contributed by atoms with Crippen molar-refractivity contribution in [2.45, 2.75) is 24.0 Å². The van der Waals surface area contributed by atoms with Crippen LogP contribution < -0.4 is 15.4 Å². The van der Waals surface area contributed by atoms with Crippen LogP contribution >= 0.6 is 11.8 Å². The Labute approximate surface area is 144 Å². The average Bonchev–Trinajstić information content (AvgIpc) is 2.57. The first-order valence-electron chi connectivity index (χ1n) is 7.73. The molecule has 0 radical (unpaired) electrons. The molecule has 0 aromatic heterocycles. The second kappa shape index (κ2) is 6.97. The molecule has 2 aromatic carbocycles. The Hall–Kier alpha value is -2.47. The zero-order valence-corrected chi connectivity index (χ0v) is 14.3. The van der Waals surface area contributed by atoms with Gasteiger partial charge in [0.1, 0.15) is 5.75 Å². The first-order chi connectivity index (χ1) is 11.6. The Kier molecular flexibility index (Phi) is 4.76. The lowest BCUT2D eigenvalue weighted by molar-refractivity contribution is -0.115. The summed E-state index contributed by atoms with van der Waals surface area (Å²) in [6.45, 7) is 4.27. The number of nitrogens with one attached hydrogen (secondary N) is 2. The number of thioether (sulfide) groups is 1. The van der Waals surface area contributed by atoms with Crippen molar-refractivity contribution in [3.05, 3.63) is 48.0 Å². The van der Waals surface area contributed by atoms with E-state index in [0.717, 1.165) is 4.90 Å². The Bertz CT molecular complexity index is 792. The lowest BCUT2D eigenvalue weighted by atomic mass is 10.1. The summed E-state index contributed by atoms with van der Waals surface area (Å²) in [6, 6.07) is 12.6. The molecule has 2 N–H and O–H groups in total. The van der Waals surface area contributed by atoms with E-state index in [1.54, 1.807) is 18.2 Å². The molecule has 1 unspecified atom stereocenters. The molecule has 6 heteroatoms. The highest BCUT2D eigenvalue weighted by Crippen LogP contribution is 2.36. The second-order valence-corrected chi connectivity index (χ2v) is 6.73. The summed E-state index contributed by atoms with van der Waals surface area (Å²) < 4.78 is 5.52. The van der Waals surface area contributed by atoms with Crippen molar-refractivity contribution in [1.29, 1.82) is 0 Å². The van der Waals surface area contributed by atoms with E-state index in [9.17, 15) is 9.59 Å². The Morgan fingerprint density at radius 2 is 2.08 bits per heavy atom. The van der Waals surface area contributed by atoms with Crippen LogP contribution in [0.1, 0.15) is 24.2 Å². The number of anilines is 2. The fourth-order valence-corrected chi connectivity index (χ4v) is 3.33. The first kappa shape index (κ1) is 16.4. The zero-order chi connectivity index (χ0) is 17.1. The minimum absolute atomic E-state index is 0.0493. The third kappa shape index (κ3) is 3.38. The molecule has 24 heavy (non-hydrogen) atoms. The van der Waals surface area contributed by atoms with Crippen molar-refractivity contribution in [2.75, 3.05) is 17.2 Å². The number of rotatable bonds is 4. The van der Waals surface area contributed by atoms with Crippen molar-refractivity contribution in [2.24, 2.45) is 0 Å². The molecule has 1 atom stereocenters. The molecule has 0 saturated carbocycles. The van der Waals surface area contributed by atoms with Gasteiger partial charge in [-0.15, -0.1) is 11.8 Å². The molecule has 124 valence electrons. The van der Waals surface area contributed by atoms with Gasteiger partial charge < -0.3 is 15.4 Å². The quantitative estimate of drug-likeness (QED) is 0.887. The number of hydrogen-bond acceptors (Lipinski definition) is 4. The van der Waals surface area contributed by atoms with Crippen LogP contribution in [0.3, 0.4) is 0 Å². The standard InChI is InChI=1S/C18H18N2O3S/c1-3-23-15-7-5-4-6-13(15)19-18(22)12-8-9-16-14(10-12)20-17(21)11(2)24-16/h4-11H,3H2,1-2H3,(H,19,22)(H,20,21). The van der Waals surface area contributed by atoms with E-state index >= 15 is 0 Å². The molecule has 0 saturated heterocycles. The van der Waals surface area contributed by atoms with Gasteiger partial charge in [0.15, 0.2) is 0 Å². The summed E-state index contributed by atoms with van der Waals surface area (Å²) in [5.41, 5.74) is 1.78. The molecule has 0 aliphatic carbocycles. The molecule has 3 rings (SSSR count). The maximum Gasteiger partial charge on any atom is 0.255 e. The SMILES string of the molecule is CCOc1ccccc1NC(=O)c1ccc2c(c1)NC(=O)C(C)S2.